The van der Waals surface area contributed by atoms with Gasteiger partial charge in [-0.1, -0.05) is 299 Å². The number of aliphatic hydroxyl groups excluding tert-OH is 5. The summed E-state index contributed by atoms with van der Waals surface area (Å²) < 4.78 is 11.3. The van der Waals surface area contributed by atoms with Crippen molar-refractivity contribution in [3.63, 3.8) is 0 Å². The molecule has 1 fully saturated rings. The molecule has 1 aliphatic rings. The Balaban J connectivity index is 2.18. The van der Waals surface area contributed by atoms with E-state index in [2.05, 4.69) is 79.9 Å². The number of amides is 1. The molecule has 1 aliphatic heterocycles. The van der Waals surface area contributed by atoms with E-state index in [0.717, 1.165) is 83.5 Å². The molecule has 9 nitrogen and oxygen atoms in total. The summed E-state index contributed by atoms with van der Waals surface area (Å²) in [7, 11) is 0. The lowest BCUT2D eigenvalue weighted by Crippen LogP contribution is -2.60. The van der Waals surface area contributed by atoms with Crippen LogP contribution < -0.4 is 5.32 Å². The minimum absolute atomic E-state index is 0.182. The summed E-state index contributed by atoms with van der Waals surface area (Å²) in [5, 5.41) is 54.7. The van der Waals surface area contributed by atoms with Gasteiger partial charge in [-0.15, -0.1) is 0 Å². The normalized spacial score (nSPS) is 19.2. The third-order valence-corrected chi connectivity index (χ3v) is 15.3. The van der Waals surface area contributed by atoms with E-state index >= 15 is 0 Å². The monoisotopic (exact) mass is 1080 g/mol. The molecule has 0 aromatic carbocycles. The van der Waals surface area contributed by atoms with E-state index in [0.29, 0.717) is 6.42 Å². The van der Waals surface area contributed by atoms with Crippen LogP contribution in [0.3, 0.4) is 0 Å². The molecular weight excluding hydrogens is 959 g/mol. The Morgan fingerprint density at radius 2 is 0.805 bits per heavy atom. The van der Waals surface area contributed by atoms with Gasteiger partial charge < -0.3 is 40.3 Å². The first kappa shape index (κ1) is 72.6. The first-order valence-electron chi connectivity index (χ1n) is 32.7. The number of unbranched alkanes of at least 4 members (excludes halogenated alkanes) is 36. The van der Waals surface area contributed by atoms with Crippen LogP contribution in [0.15, 0.2) is 72.9 Å². The summed E-state index contributed by atoms with van der Waals surface area (Å²) in [6.07, 6.45) is 72.7. The van der Waals surface area contributed by atoms with Crippen molar-refractivity contribution in [2.24, 2.45) is 0 Å². The van der Waals surface area contributed by atoms with Crippen molar-refractivity contribution in [1.82, 2.24) is 5.32 Å². The van der Waals surface area contributed by atoms with Crippen LogP contribution in [0.5, 0.6) is 0 Å². The van der Waals surface area contributed by atoms with Gasteiger partial charge in [0.15, 0.2) is 6.29 Å². The smallest absolute Gasteiger partial charge is 0.220 e. The first-order valence-corrected chi connectivity index (χ1v) is 32.7. The van der Waals surface area contributed by atoms with Gasteiger partial charge in [0.05, 0.1) is 25.4 Å². The van der Waals surface area contributed by atoms with Gasteiger partial charge in [0.1, 0.15) is 24.4 Å². The Hall–Kier alpha value is -2.37. The molecule has 0 spiro atoms. The lowest BCUT2D eigenvalue weighted by molar-refractivity contribution is -0.302. The highest BCUT2D eigenvalue weighted by molar-refractivity contribution is 5.76. The molecule has 6 N–H and O–H groups in total. The van der Waals surface area contributed by atoms with Crippen molar-refractivity contribution in [2.75, 3.05) is 13.2 Å². The lowest BCUT2D eigenvalue weighted by Gasteiger charge is -2.40. The highest BCUT2D eigenvalue weighted by Crippen LogP contribution is 2.23. The Kier molecular flexibility index (Phi) is 53.7. The number of allylic oxidation sites excluding steroid dienone is 11. The molecule has 0 aromatic heterocycles. The quantitative estimate of drug-likeness (QED) is 0.0261. The molecule has 0 saturated carbocycles. The van der Waals surface area contributed by atoms with Gasteiger partial charge in [0.25, 0.3) is 0 Å². The molecule has 0 aromatic rings. The largest absolute Gasteiger partial charge is 0.394 e. The molecule has 1 rings (SSSR count). The zero-order valence-corrected chi connectivity index (χ0v) is 50.0. The van der Waals surface area contributed by atoms with E-state index in [4.69, 9.17) is 9.47 Å². The van der Waals surface area contributed by atoms with E-state index in [9.17, 15) is 30.3 Å². The van der Waals surface area contributed by atoms with Crippen LogP contribution in [0.25, 0.3) is 0 Å². The lowest BCUT2D eigenvalue weighted by atomic mass is 9.99. The SMILES string of the molecule is CC/C=C\C/C=C\C/C=C\C/C=C\C/C=C\CCCCCCCCCCCC(=O)NC(COC1OC(CO)C(O)C(O)C1O)C(O)/C=C/CCCCCCCCCCCCCCCCCCCCCCCCCCCCC. The van der Waals surface area contributed by atoms with E-state index in [1.54, 1.807) is 6.08 Å². The minimum atomic E-state index is -1.57. The second kappa shape index (κ2) is 56.9. The van der Waals surface area contributed by atoms with Gasteiger partial charge in [0.2, 0.25) is 5.91 Å². The molecule has 77 heavy (non-hydrogen) atoms. The Labute approximate surface area is 474 Å². The molecule has 9 heteroatoms. The number of rotatable bonds is 56. The number of hydrogen-bond acceptors (Lipinski definition) is 8. The van der Waals surface area contributed by atoms with Crippen LogP contribution >= 0.6 is 0 Å². The minimum Gasteiger partial charge on any atom is -0.394 e. The van der Waals surface area contributed by atoms with Crippen molar-refractivity contribution in [2.45, 2.75) is 339 Å². The molecule has 0 aliphatic carbocycles. The maximum Gasteiger partial charge on any atom is 0.220 e. The molecular formula is C68H123NO8. The van der Waals surface area contributed by atoms with E-state index in [1.165, 1.54) is 193 Å². The van der Waals surface area contributed by atoms with Crippen molar-refractivity contribution < 1.29 is 39.8 Å². The Morgan fingerprint density at radius 3 is 1.19 bits per heavy atom. The number of hydrogen-bond donors (Lipinski definition) is 6. The second-order valence-electron chi connectivity index (χ2n) is 22.5. The van der Waals surface area contributed by atoms with Crippen LogP contribution in [0.4, 0.5) is 0 Å². The van der Waals surface area contributed by atoms with Crippen LogP contribution in [-0.2, 0) is 14.3 Å². The fraction of sp³-hybridized carbons (Fsp3) is 0.809. The summed E-state index contributed by atoms with van der Waals surface area (Å²) >= 11 is 0. The summed E-state index contributed by atoms with van der Waals surface area (Å²) in [6.45, 7) is 3.69. The first-order chi connectivity index (χ1) is 37.8. The molecule has 0 bridgehead atoms. The Bertz CT molecular complexity index is 1440. The highest BCUT2D eigenvalue weighted by atomic mass is 16.7. The summed E-state index contributed by atoms with van der Waals surface area (Å²) in [5.74, 6) is -0.182. The fourth-order valence-electron chi connectivity index (χ4n) is 10.2. The number of aliphatic hydroxyl groups is 5. The van der Waals surface area contributed by atoms with Crippen molar-refractivity contribution in [3.05, 3.63) is 72.9 Å². The molecule has 0 radical (unpaired) electrons. The maximum atomic E-state index is 13.1. The van der Waals surface area contributed by atoms with Crippen molar-refractivity contribution in [3.8, 4) is 0 Å². The average Bonchev–Trinajstić information content (AvgIpc) is 3.43. The number of ether oxygens (including phenoxy) is 2. The van der Waals surface area contributed by atoms with Gasteiger partial charge in [-0.25, -0.2) is 0 Å². The van der Waals surface area contributed by atoms with Gasteiger partial charge in [0, 0.05) is 6.42 Å². The second-order valence-corrected chi connectivity index (χ2v) is 22.5. The van der Waals surface area contributed by atoms with Crippen molar-refractivity contribution in [1.29, 1.82) is 0 Å². The van der Waals surface area contributed by atoms with E-state index in [-0.39, 0.29) is 12.5 Å². The standard InChI is InChI=1S/C68H123NO8/c1-3-5-7-9-11-13-15-17-19-21-23-25-27-29-30-31-32-34-35-37-39-41-43-45-47-49-51-53-55-57-62(71)61(60-76-68-67(75)66(74)65(73)63(59-70)77-68)69-64(72)58-56-54-52-50-48-46-44-42-40-38-36-33-28-26-24-22-20-18-16-14-12-10-8-6-4-2/h6,8,12,14,18,20,24,26,33,36,55,57,61-63,65-68,70-71,73-75H,3-5,7,9-11,13,15-17,19,21-23,25,27-32,34-35,37-54,56,58-60H2,1-2H3,(H,69,72)/b8-6-,14-12-,20-18-,26-24-,36-33-,57-55+. The Morgan fingerprint density at radius 1 is 0.455 bits per heavy atom. The fourth-order valence-corrected chi connectivity index (χ4v) is 10.2. The zero-order chi connectivity index (χ0) is 55.8. The summed E-state index contributed by atoms with van der Waals surface area (Å²) in [6, 6.07) is -0.814. The van der Waals surface area contributed by atoms with E-state index in [1.807, 2.05) is 6.08 Å². The molecule has 448 valence electrons. The highest BCUT2D eigenvalue weighted by Gasteiger charge is 2.44. The molecule has 7 atom stereocenters. The van der Waals surface area contributed by atoms with Gasteiger partial charge in [-0.2, -0.15) is 0 Å². The number of nitrogens with one attached hydrogen (secondary N) is 1. The average molecular weight is 1080 g/mol. The zero-order valence-electron chi connectivity index (χ0n) is 50.0. The maximum absolute atomic E-state index is 13.1. The van der Waals surface area contributed by atoms with E-state index < -0.39 is 49.5 Å². The van der Waals surface area contributed by atoms with Crippen molar-refractivity contribution >= 4 is 5.91 Å². The molecule has 7 unspecified atom stereocenters. The number of carbonyl (C=O) groups is 1. The molecule has 1 amide bonds. The van der Waals surface area contributed by atoms with Crippen LogP contribution in [0.1, 0.15) is 296 Å². The predicted octanol–water partition coefficient (Wildman–Crippen LogP) is 17.2. The summed E-state index contributed by atoms with van der Waals surface area (Å²) in [4.78, 5) is 13.1. The summed E-state index contributed by atoms with van der Waals surface area (Å²) in [5.41, 5.74) is 0. The number of carbonyl (C=O) groups excluding carboxylic acids is 1. The van der Waals surface area contributed by atoms with Gasteiger partial charge in [-0.05, 0) is 64.2 Å². The van der Waals surface area contributed by atoms with Gasteiger partial charge >= 0.3 is 0 Å². The predicted molar refractivity (Wildman–Crippen MR) is 327 cm³/mol. The third-order valence-electron chi connectivity index (χ3n) is 15.3. The van der Waals surface area contributed by atoms with Gasteiger partial charge in [-0.3, -0.25) is 4.79 Å². The molecule has 1 heterocycles. The topological polar surface area (TPSA) is 149 Å². The third kappa shape index (κ3) is 46.0. The van der Waals surface area contributed by atoms with Crippen LogP contribution in [0, 0.1) is 0 Å². The molecule has 1 saturated heterocycles. The van der Waals surface area contributed by atoms with Crippen LogP contribution in [-0.4, -0.2) is 87.5 Å². The van der Waals surface area contributed by atoms with Crippen LogP contribution in [0.2, 0.25) is 0 Å².